The van der Waals surface area contributed by atoms with Crippen molar-refractivity contribution in [2.24, 2.45) is 0 Å². The van der Waals surface area contributed by atoms with Crippen LogP contribution in [0.15, 0.2) is 22.6 Å². The molecule has 0 aliphatic carbocycles. The molecule has 1 aromatic heterocycles. The number of oxazole rings is 1. The number of fused-ring (bicyclic) bond motifs is 1. The van der Waals surface area contributed by atoms with Crippen LogP contribution in [0.2, 0.25) is 0 Å². The first-order valence-corrected chi connectivity index (χ1v) is 5.81. The van der Waals surface area contributed by atoms with E-state index >= 15 is 0 Å². The lowest BCUT2D eigenvalue weighted by molar-refractivity contribution is 0.0869. The van der Waals surface area contributed by atoms with Crippen molar-refractivity contribution in [2.75, 3.05) is 24.3 Å². The maximum Gasteiger partial charge on any atom is 0.295 e. The molecule has 90 valence electrons. The molecule has 1 aliphatic rings. The minimum absolute atomic E-state index is 0.286. The Bertz CT molecular complexity index is 517. The van der Waals surface area contributed by atoms with Crippen molar-refractivity contribution in [1.82, 2.24) is 4.98 Å². The average Bonchev–Trinajstić information content (AvgIpc) is 2.71. The molecule has 1 unspecified atom stereocenters. The van der Waals surface area contributed by atoms with Gasteiger partial charge in [0, 0.05) is 12.3 Å². The molecular formula is C12H15N3O2. The number of aromatic nitrogens is 1. The molecule has 0 amide bonds. The summed E-state index contributed by atoms with van der Waals surface area (Å²) in [5, 5.41) is 3.25. The molecule has 0 radical (unpaired) electrons. The Balaban J connectivity index is 1.80. The maximum absolute atomic E-state index is 5.70. The Kier molecular flexibility index (Phi) is 2.60. The topological polar surface area (TPSA) is 73.3 Å². The van der Waals surface area contributed by atoms with Crippen LogP contribution >= 0.6 is 0 Å². The summed E-state index contributed by atoms with van der Waals surface area (Å²) in [7, 11) is 0. The Morgan fingerprint density at radius 1 is 1.41 bits per heavy atom. The number of nitrogens with two attached hydrogens (primary N) is 1. The molecule has 5 nitrogen and oxygen atoms in total. The average molecular weight is 233 g/mol. The van der Waals surface area contributed by atoms with Gasteiger partial charge in [-0.15, -0.1) is 0 Å². The monoisotopic (exact) mass is 233 g/mol. The van der Waals surface area contributed by atoms with Crippen molar-refractivity contribution in [3.8, 4) is 0 Å². The molecule has 17 heavy (non-hydrogen) atoms. The molecule has 5 heteroatoms. The Morgan fingerprint density at radius 3 is 3.18 bits per heavy atom. The van der Waals surface area contributed by atoms with E-state index in [9.17, 15) is 0 Å². The van der Waals surface area contributed by atoms with E-state index in [1.54, 1.807) is 12.1 Å². The van der Waals surface area contributed by atoms with Gasteiger partial charge in [-0.2, -0.15) is 4.98 Å². The van der Waals surface area contributed by atoms with Crippen molar-refractivity contribution >= 4 is 22.8 Å². The van der Waals surface area contributed by atoms with E-state index in [1.807, 2.05) is 6.07 Å². The molecule has 1 aromatic carbocycles. The SMILES string of the molecule is Nc1ccc2oc(NC3CCCOC3)nc2c1. The third kappa shape index (κ3) is 2.19. The van der Waals surface area contributed by atoms with Gasteiger partial charge in [0.15, 0.2) is 5.58 Å². The number of hydrogen-bond acceptors (Lipinski definition) is 5. The van der Waals surface area contributed by atoms with E-state index in [0.717, 1.165) is 30.5 Å². The maximum atomic E-state index is 5.70. The number of nitrogens with one attached hydrogen (secondary N) is 1. The van der Waals surface area contributed by atoms with Crippen LogP contribution in [0.4, 0.5) is 11.7 Å². The predicted octanol–water partition coefficient (Wildman–Crippen LogP) is 2.00. The second kappa shape index (κ2) is 4.25. The van der Waals surface area contributed by atoms with Gasteiger partial charge in [-0.05, 0) is 31.0 Å². The third-order valence-corrected chi connectivity index (χ3v) is 2.90. The fraction of sp³-hybridized carbons (Fsp3) is 0.417. The Hall–Kier alpha value is -1.75. The van der Waals surface area contributed by atoms with E-state index in [0.29, 0.717) is 18.3 Å². The molecule has 3 rings (SSSR count). The molecule has 2 aromatic rings. The van der Waals surface area contributed by atoms with E-state index in [1.165, 1.54) is 0 Å². The van der Waals surface area contributed by atoms with Crippen molar-refractivity contribution < 1.29 is 9.15 Å². The third-order valence-electron chi connectivity index (χ3n) is 2.90. The number of nitrogens with zero attached hydrogens (tertiary/aromatic N) is 1. The summed E-state index contributed by atoms with van der Waals surface area (Å²) in [6, 6.07) is 6.28. The van der Waals surface area contributed by atoms with Crippen LogP contribution in [0.3, 0.4) is 0 Å². The molecular weight excluding hydrogens is 218 g/mol. The van der Waals surface area contributed by atoms with Crippen LogP contribution in [0.5, 0.6) is 0 Å². The van der Waals surface area contributed by atoms with E-state index in [2.05, 4.69) is 10.3 Å². The number of rotatable bonds is 2. The lowest BCUT2D eigenvalue weighted by Crippen LogP contribution is -2.30. The van der Waals surface area contributed by atoms with Gasteiger partial charge in [-0.3, -0.25) is 0 Å². The minimum atomic E-state index is 0.286. The van der Waals surface area contributed by atoms with Gasteiger partial charge in [-0.25, -0.2) is 0 Å². The molecule has 1 saturated heterocycles. The second-order valence-electron chi connectivity index (χ2n) is 4.30. The highest BCUT2D eigenvalue weighted by Gasteiger charge is 2.16. The van der Waals surface area contributed by atoms with Crippen LogP contribution in [0.1, 0.15) is 12.8 Å². The van der Waals surface area contributed by atoms with Crippen LogP contribution in [-0.2, 0) is 4.74 Å². The number of anilines is 2. The van der Waals surface area contributed by atoms with Crippen LogP contribution in [-0.4, -0.2) is 24.2 Å². The molecule has 1 aliphatic heterocycles. The highest BCUT2D eigenvalue weighted by atomic mass is 16.5. The van der Waals surface area contributed by atoms with E-state index in [-0.39, 0.29) is 6.04 Å². The molecule has 0 saturated carbocycles. The Morgan fingerprint density at radius 2 is 2.35 bits per heavy atom. The van der Waals surface area contributed by atoms with Crippen molar-refractivity contribution in [2.45, 2.75) is 18.9 Å². The molecule has 0 bridgehead atoms. The molecule has 2 heterocycles. The Labute approximate surface area is 98.9 Å². The highest BCUT2D eigenvalue weighted by Crippen LogP contribution is 2.22. The van der Waals surface area contributed by atoms with Crippen LogP contribution in [0, 0.1) is 0 Å². The molecule has 3 N–H and O–H groups in total. The zero-order valence-electron chi connectivity index (χ0n) is 9.48. The summed E-state index contributed by atoms with van der Waals surface area (Å²) < 4.78 is 11.0. The lowest BCUT2D eigenvalue weighted by atomic mass is 10.1. The fourth-order valence-electron chi connectivity index (χ4n) is 2.04. The standard InChI is InChI=1S/C12H15N3O2/c13-8-3-4-11-10(6-8)15-12(17-11)14-9-2-1-5-16-7-9/h3-4,6,9H,1-2,5,7,13H2,(H,14,15). The van der Waals surface area contributed by atoms with Crippen LogP contribution < -0.4 is 11.1 Å². The first-order chi connectivity index (χ1) is 8.31. The first kappa shape index (κ1) is 10.4. The zero-order chi connectivity index (χ0) is 11.7. The second-order valence-corrected chi connectivity index (χ2v) is 4.30. The van der Waals surface area contributed by atoms with Crippen molar-refractivity contribution in [3.05, 3.63) is 18.2 Å². The van der Waals surface area contributed by atoms with Gasteiger partial charge in [-0.1, -0.05) is 0 Å². The van der Waals surface area contributed by atoms with Gasteiger partial charge >= 0.3 is 0 Å². The quantitative estimate of drug-likeness (QED) is 0.776. The summed E-state index contributed by atoms with van der Waals surface area (Å²) in [5.41, 5.74) is 7.92. The van der Waals surface area contributed by atoms with Crippen molar-refractivity contribution in [1.29, 1.82) is 0 Å². The summed E-state index contributed by atoms with van der Waals surface area (Å²) in [6.45, 7) is 1.56. The largest absolute Gasteiger partial charge is 0.424 e. The molecule has 1 fully saturated rings. The number of hydrogen-bond donors (Lipinski definition) is 2. The van der Waals surface area contributed by atoms with Crippen LogP contribution in [0.25, 0.3) is 11.1 Å². The summed E-state index contributed by atoms with van der Waals surface area (Å²) in [4.78, 5) is 4.35. The first-order valence-electron chi connectivity index (χ1n) is 5.81. The van der Waals surface area contributed by atoms with Gasteiger partial charge < -0.3 is 20.2 Å². The fourth-order valence-corrected chi connectivity index (χ4v) is 2.04. The molecule has 0 spiro atoms. The smallest absolute Gasteiger partial charge is 0.295 e. The highest BCUT2D eigenvalue weighted by molar-refractivity contribution is 5.78. The summed E-state index contributed by atoms with van der Waals surface area (Å²) in [5.74, 6) is 0. The summed E-state index contributed by atoms with van der Waals surface area (Å²) in [6.07, 6.45) is 2.16. The number of nitrogen functional groups attached to an aromatic ring is 1. The summed E-state index contributed by atoms with van der Waals surface area (Å²) >= 11 is 0. The normalized spacial score (nSPS) is 20.6. The van der Waals surface area contributed by atoms with Gasteiger partial charge in [0.05, 0.1) is 12.6 Å². The van der Waals surface area contributed by atoms with E-state index < -0.39 is 0 Å². The predicted molar refractivity (Wildman–Crippen MR) is 65.9 cm³/mol. The van der Waals surface area contributed by atoms with Crippen molar-refractivity contribution in [3.63, 3.8) is 0 Å². The van der Waals surface area contributed by atoms with Gasteiger partial charge in [0.25, 0.3) is 6.01 Å². The number of benzene rings is 1. The minimum Gasteiger partial charge on any atom is -0.424 e. The van der Waals surface area contributed by atoms with Gasteiger partial charge in [0.1, 0.15) is 5.52 Å². The van der Waals surface area contributed by atoms with Gasteiger partial charge in [0.2, 0.25) is 0 Å². The number of ether oxygens (including phenoxy) is 1. The zero-order valence-corrected chi connectivity index (χ0v) is 9.48. The lowest BCUT2D eigenvalue weighted by Gasteiger charge is -2.21. The molecule has 1 atom stereocenters. The van der Waals surface area contributed by atoms with E-state index in [4.69, 9.17) is 14.9 Å².